The second-order valence-corrected chi connectivity index (χ2v) is 4.35. The molecule has 1 N–H and O–H groups in total. The van der Waals surface area contributed by atoms with E-state index in [0.717, 1.165) is 18.4 Å². The molecule has 17 heavy (non-hydrogen) atoms. The van der Waals surface area contributed by atoms with E-state index in [2.05, 4.69) is 0 Å². The summed E-state index contributed by atoms with van der Waals surface area (Å²) in [6.07, 6.45) is 2.00. The van der Waals surface area contributed by atoms with Crippen molar-refractivity contribution in [2.45, 2.75) is 18.3 Å². The third-order valence-electron chi connectivity index (χ3n) is 3.43. The molecule has 0 saturated heterocycles. The van der Waals surface area contributed by atoms with Crippen LogP contribution < -0.4 is 14.2 Å². The molecular formula is C13H18O4. The van der Waals surface area contributed by atoms with E-state index >= 15 is 0 Å². The molecule has 0 spiro atoms. The monoisotopic (exact) mass is 238 g/mol. The van der Waals surface area contributed by atoms with Gasteiger partial charge in [-0.05, 0) is 30.5 Å². The van der Waals surface area contributed by atoms with Gasteiger partial charge in [-0.25, -0.2) is 0 Å². The lowest BCUT2D eigenvalue weighted by Gasteiger charge is -2.18. The molecule has 0 aliphatic heterocycles. The molecule has 0 aromatic heterocycles. The molecular weight excluding hydrogens is 220 g/mol. The van der Waals surface area contributed by atoms with E-state index in [1.807, 2.05) is 12.1 Å². The Bertz CT molecular complexity index is 385. The topological polar surface area (TPSA) is 47.9 Å². The lowest BCUT2D eigenvalue weighted by atomic mass is 9.96. The Morgan fingerprint density at radius 1 is 1.06 bits per heavy atom. The number of hydrogen-bond donors (Lipinski definition) is 1. The maximum atomic E-state index is 9.45. The first-order valence-corrected chi connectivity index (χ1v) is 5.62. The molecule has 0 radical (unpaired) electrons. The van der Waals surface area contributed by atoms with Gasteiger partial charge in [0.05, 0.1) is 27.9 Å². The van der Waals surface area contributed by atoms with Crippen molar-refractivity contribution >= 4 is 0 Å². The van der Waals surface area contributed by atoms with Crippen molar-refractivity contribution in [3.63, 3.8) is 0 Å². The van der Waals surface area contributed by atoms with Crippen molar-refractivity contribution in [1.29, 1.82) is 0 Å². The van der Waals surface area contributed by atoms with E-state index in [-0.39, 0.29) is 12.0 Å². The molecule has 4 nitrogen and oxygen atoms in total. The Hall–Kier alpha value is -1.42. The Morgan fingerprint density at radius 2 is 1.59 bits per heavy atom. The maximum Gasteiger partial charge on any atom is 0.203 e. The number of benzene rings is 1. The number of hydrogen-bond acceptors (Lipinski definition) is 4. The largest absolute Gasteiger partial charge is 0.493 e. The Labute approximate surface area is 101 Å². The van der Waals surface area contributed by atoms with E-state index in [1.54, 1.807) is 21.3 Å². The maximum absolute atomic E-state index is 9.45. The van der Waals surface area contributed by atoms with E-state index in [9.17, 15) is 5.11 Å². The molecule has 94 valence electrons. The summed E-state index contributed by atoms with van der Waals surface area (Å²) in [6, 6.07) is 3.84. The Balaban J connectivity index is 2.49. The summed E-state index contributed by atoms with van der Waals surface area (Å²) in [7, 11) is 4.78. The van der Waals surface area contributed by atoms with Gasteiger partial charge in [-0.15, -0.1) is 0 Å². The zero-order valence-corrected chi connectivity index (χ0v) is 10.4. The molecule has 1 aromatic rings. The van der Waals surface area contributed by atoms with E-state index in [4.69, 9.17) is 14.2 Å². The third-order valence-corrected chi connectivity index (χ3v) is 3.43. The van der Waals surface area contributed by atoms with Gasteiger partial charge < -0.3 is 19.3 Å². The highest BCUT2D eigenvalue weighted by Gasteiger charge is 2.44. The van der Waals surface area contributed by atoms with Crippen molar-refractivity contribution in [1.82, 2.24) is 0 Å². The van der Waals surface area contributed by atoms with Gasteiger partial charge in [0.25, 0.3) is 0 Å². The van der Waals surface area contributed by atoms with Crippen LogP contribution in [0.1, 0.15) is 18.4 Å². The highest BCUT2D eigenvalue weighted by atomic mass is 16.5. The quantitative estimate of drug-likeness (QED) is 0.848. The van der Waals surface area contributed by atoms with Gasteiger partial charge >= 0.3 is 0 Å². The molecule has 2 rings (SSSR count). The average Bonchev–Trinajstić information content (AvgIpc) is 3.17. The summed E-state index contributed by atoms with van der Waals surface area (Å²) in [5.41, 5.74) is 0.946. The predicted molar refractivity (Wildman–Crippen MR) is 64.1 cm³/mol. The normalized spacial score (nSPS) is 16.5. The minimum Gasteiger partial charge on any atom is -0.493 e. The van der Waals surface area contributed by atoms with Crippen LogP contribution in [0.3, 0.4) is 0 Å². The van der Waals surface area contributed by atoms with E-state index < -0.39 is 0 Å². The van der Waals surface area contributed by atoms with Crippen LogP contribution in [-0.4, -0.2) is 33.0 Å². The van der Waals surface area contributed by atoms with Crippen LogP contribution in [0.25, 0.3) is 0 Å². The molecule has 1 aliphatic rings. The molecule has 1 saturated carbocycles. The number of methoxy groups -OCH3 is 3. The van der Waals surface area contributed by atoms with Crippen LogP contribution in [0, 0.1) is 0 Å². The Kier molecular flexibility index (Phi) is 3.15. The second kappa shape index (κ2) is 4.45. The minimum atomic E-state index is -0.104. The molecule has 0 bridgehead atoms. The minimum absolute atomic E-state index is 0.104. The first-order valence-electron chi connectivity index (χ1n) is 5.62. The van der Waals surface area contributed by atoms with Crippen LogP contribution in [0.4, 0.5) is 0 Å². The fourth-order valence-corrected chi connectivity index (χ4v) is 2.08. The zero-order chi connectivity index (χ0) is 12.5. The smallest absolute Gasteiger partial charge is 0.203 e. The molecule has 1 aromatic carbocycles. The summed E-state index contributed by atoms with van der Waals surface area (Å²) in [5, 5.41) is 9.45. The van der Waals surface area contributed by atoms with Crippen LogP contribution in [-0.2, 0) is 5.41 Å². The van der Waals surface area contributed by atoms with E-state index in [1.165, 1.54) is 0 Å². The molecule has 0 heterocycles. The molecule has 1 fully saturated rings. The molecule has 0 unspecified atom stereocenters. The SMILES string of the molecule is COc1cc(C2(CO)CC2)cc(OC)c1OC. The van der Waals surface area contributed by atoms with E-state index in [0.29, 0.717) is 17.2 Å². The van der Waals surface area contributed by atoms with Crippen molar-refractivity contribution in [3.05, 3.63) is 17.7 Å². The van der Waals surface area contributed by atoms with Crippen molar-refractivity contribution in [2.24, 2.45) is 0 Å². The lowest BCUT2D eigenvalue weighted by Crippen LogP contribution is -2.12. The van der Waals surface area contributed by atoms with Crippen LogP contribution >= 0.6 is 0 Å². The molecule has 0 atom stereocenters. The average molecular weight is 238 g/mol. The zero-order valence-electron chi connectivity index (χ0n) is 10.4. The fourth-order valence-electron chi connectivity index (χ4n) is 2.08. The number of ether oxygens (including phenoxy) is 3. The Morgan fingerprint density at radius 3 is 1.88 bits per heavy atom. The molecule has 1 aliphatic carbocycles. The standard InChI is InChI=1S/C13H18O4/c1-15-10-6-9(13(8-14)4-5-13)7-11(16-2)12(10)17-3/h6-7,14H,4-5,8H2,1-3H3. The van der Waals surface area contributed by atoms with Gasteiger partial charge in [-0.3, -0.25) is 0 Å². The van der Waals surface area contributed by atoms with Gasteiger partial charge in [0.2, 0.25) is 5.75 Å². The molecule has 0 amide bonds. The molecule has 4 heteroatoms. The summed E-state index contributed by atoms with van der Waals surface area (Å²) in [4.78, 5) is 0. The second-order valence-electron chi connectivity index (χ2n) is 4.35. The fraction of sp³-hybridized carbons (Fsp3) is 0.538. The van der Waals surface area contributed by atoms with Gasteiger partial charge in [-0.1, -0.05) is 0 Å². The van der Waals surface area contributed by atoms with Crippen molar-refractivity contribution in [3.8, 4) is 17.2 Å². The summed E-state index contributed by atoms with van der Waals surface area (Å²) in [5.74, 6) is 1.87. The first kappa shape index (κ1) is 12.0. The lowest BCUT2D eigenvalue weighted by molar-refractivity contribution is 0.253. The van der Waals surface area contributed by atoms with Crippen LogP contribution in [0.5, 0.6) is 17.2 Å². The van der Waals surface area contributed by atoms with Gasteiger partial charge in [0.1, 0.15) is 0 Å². The van der Waals surface area contributed by atoms with Crippen molar-refractivity contribution in [2.75, 3.05) is 27.9 Å². The summed E-state index contributed by atoms with van der Waals surface area (Å²) >= 11 is 0. The van der Waals surface area contributed by atoms with Crippen molar-refractivity contribution < 1.29 is 19.3 Å². The number of aliphatic hydroxyl groups is 1. The van der Waals surface area contributed by atoms with Gasteiger partial charge in [0, 0.05) is 5.41 Å². The van der Waals surface area contributed by atoms with Crippen LogP contribution in [0.2, 0.25) is 0 Å². The summed E-state index contributed by atoms with van der Waals surface area (Å²) in [6.45, 7) is 0.158. The number of rotatable bonds is 5. The van der Waals surface area contributed by atoms with Gasteiger partial charge in [-0.2, -0.15) is 0 Å². The first-order chi connectivity index (χ1) is 8.20. The third kappa shape index (κ3) is 1.93. The highest BCUT2D eigenvalue weighted by molar-refractivity contribution is 5.56. The van der Waals surface area contributed by atoms with Gasteiger partial charge in [0.15, 0.2) is 11.5 Å². The number of aliphatic hydroxyl groups excluding tert-OH is 1. The summed E-state index contributed by atoms with van der Waals surface area (Å²) < 4.78 is 15.9. The predicted octanol–water partition coefficient (Wildman–Crippen LogP) is 1.74. The van der Waals surface area contributed by atoms with Crippen LogP contribution in [0.15, 0.2) is 12.1 Å². The highest BCUT2D eigenvalue weighted by Crippen LogP contribution is 2.51.